The van der Waals surface area contributed by atoms with Crippen LogP contribution in [0.15, 0.2) is 24.3 Å². The summed E-state index contributed by atoms with van der Waals surface area (Å²) in [7, 11) is 0. The molecule has 0 radical (unpaired) electrons. The van der Waals surface area contributed by atoms with Crippen molar-refractivity contribution in [2.24, 2.45) is 0 Å². The van der Waals surface area contributed by atoms with Crippen LogP contribution in [0.4, 0.5) is 4.79 Å². The van der Waals surface area contributed by atoms with Crippen molar-refractivity contribution in [3.63, 3.8) is 0 Å². The highest BCUT2D eigenvalue weighted by Crippen LogP contribution is 2.34. The van der Waals surface area contributed by atoms with Crippen molar-refractivity contribution in [1.82, 2.24) is 5.32 Å². The molecule has 1 fully saturated rings. The second-order valence-electron chi connectivity index (χ2n) is 3.80. The van der Waals surface area contributed by atoms with Crippen LogP contribution in [0, 0.1) is 0 Å². The average molecular weight is 189 g/mol. The number of hydrogen-bond acceptors (Lipinski definition) is 2. The van der Waals surface area contributed by atoms with Crippen molar-refractivity contribution in [1.29, 1.82) is 0 Å². The minimum absolute atomic E-state index is 0.0393. The summed E-state index contributed by atoms with van der Waals surface area (Å²) in [5, 5.41) is 2.85. The molecule has 1 aliphatic heterocycles. The van der Waals surface area contributed by atoms with Crippen LogP contribution in [0.25, 0.3) is 0 Å². The molecular weight excluding hydrogens is 178 g/mol. The fourth-order valence-corrected chi connectivity index (χ4v) is 2.33. The van der Waals surface area contributed by atoms with Gasteiger partial charge in [-0.25, -0.2) is 4.79 Å². The Hall–Kier alpha value is -1.51. The van der Waals surface area contributed by atoms with E-state index in [1.54, 1.807) is 0 Å². The number of hydrogen-bond donors (Lipinski definition) is 1. The predicted molar refractivity (Wildman–Crippen MR) is 50.9 cm³/mol. The molecule has 3 rings (SSSR count). The molecule has 3 nitrogen and oxygen atoms in total. The Bertz CT molecular complexity index is 389. The van der Waals surface area contributed by atoms with Crippen LogP contribution in [0.3, 0.4) is 0 Å². The molecule has 0 unspecified atom stereocenters. The van der Waals surface area contributed by atoms with Crippen molar-refractivity contribution in [3.8, 4) is 0 Å². The van der Waals surface area contributed by atoms with Crippen LogP contribution >= 0.6 is 0 Å². The number of aryl methyl sites for hydroxylation is 1. The first kappa shape index (κ1) is 7.85. The number of rotatable bonds is 0. The Balaban J connectivity index is 2.05. The van der Waals surface area contributed by atoms with Gasteiger partial charge in [0.05, 0.1) is 6.04 Å². The van der Waals surface area contributed by atoms with Crippen molar-refractivity contribution in [3.05, 3.63) is 35.4 Å². The van der Waals surface area contributed by atoms with Crippen molar-refractivity contribution in [2.45, 2.75) is 25.0 Å². The van der Waals surface area contributed by atoms with Gasteiger partial charge in [0, 0.05) is 0 Å². The molecule has 3 heteroatoms. The molecule has 14 heavy (non-hydrogen) atoms. The number of amides is 1. The van der Waals surface area contributed by atoms with E-state index in [1.807, 2.05) is 12.1 Å². The first-order chi connectivity index (χ1) is 6.84. The standard InChI is InChI=1S/C11H11NO2/c13-11-12-10-8-4-2-1-3-7(8)5-6-9(10)14-11/h1-4,9-10H,5-6H2,(H,12,13)/t9-,10+/m0/s1. The number of alkyl carbamates (subject to hydrolysis) is 1. The Labute approximate surface area is 82.1 Å². The normalized spacial score (nSPS) is 28.7. The molecule has 2 aliphatic rings. The van der Waals surface area contributed by atoms with E-state index in [2.05, 4.69) is 17.4 Å². The number of carbonyl (C=O) groups excluding carboxylic acids is 1. The second kappa shape index (κ2) is 2.74. The number of carbonyl (C=O) groups is 1. The van der Waals surface area contributed by atoms with E-state index in [9.17, 15) is 4.79 Å². The number of ether oxygens (including phenoxy) is 1. The van der Waals surface area contributed by atoms with Crippen LogP contribution in [0.2, 0.25) is 0 Å². The Morgan fingerprint density at radius 3 is 3.14 bits per heavy atom. The molecule has 0 spiro atoms. The summed E-state index contributed by atoms with van der Waals surface area (Å²) in [6.07, 6.45) is 1.70. The van der Waals surface area contributed by atoms with E-state index < -0.39 is 0 Å². The molecule has 1 aliphatic carbocycles. The summed E-state index contributed by atoms with van der Waals surface area (Å²) >= 11 is 0. The molecule has 72 valence electrons. The van der Waals surface area contributed by atoms with E-state index >= 15 is 0 Å². The molecule has 0 aromatic heterocycles. The molecule has 1 amide bonds. The molecule has 1 N–H and O–H groups in total. The first-order valence-electron chi connectivity index (χ1n) is 4.89. The third kappa shape index (κ3) is 1.02. The van der Waals surface area contributed by atoms with Gasteiger partial charge in [-0.2, -0.15) is 0 Å². The highest BCUT2D eigenvalue weighted by molar-refractivity contribution is 5.71. The van der Waals surface area contributed by atoms with Crippen LogP contribution in [0.1, 0.15) is 23.6 Å². The highest BCUT2D eigenvalue weighted by Gasteiger charge is 2.38. The molecule has 1 aromatic rings. The van der Waals surface area contributed by atoms with Gasteiger partial charge in [0.1, 0.15) is 6.10 Å². The van der Waals surface area contributed by atoms with Crippen LogP contribution in [-0.4, -0.2) is 12.2 Å². The smallest absolute Gasteiger partial charge is 0.408 e. The van der Waals surface area contributed by atoms with Gasteiger partial charge in [0.2, 0.25) is 0 Å². The van der Waals surface area contributed by atoms with Crippen LogP contribution in [0.5, 0.6) is 0 Å². The predicted octanol–water partition coefficient (Wildman–Crippen LogP) is 1.78. The molecular formula is C11H11NO2. The Morgan fingerprint density at radius 2 is 2.21 bits per heavy atom. The summed E-state index contributed by atoms with van der Waals surface area (Å²) in [6, 6.07) is 8.31. The lowest BCUT2D eigenvalue weighted by molar-refractivity contribution is 0.123. The highest BCUT2D eigenvalue weighted by atomic mass is 16.6. The van der Waals surface area contributed by atoms with Crippen LogP contribution in [-0.2, 0) is 11.2 Å². The SMILES string of the molecule is O=C1N[C@@H]2c3ccccc3CC[C@@H]2O1. The van der Waals surface area contributed by atoms with Gasteiger partial charge in [-0.3, -0.25) is 0 Å². The topological polar surface area (TPSA) is 38.3 Å². The molecule has 0 bridgehead atoms. The number of fused-ring (bicyclic) bond motifs is 3. The van der Waals surface area contributed by atoms with Gasteiger partial charge in [-0.1, -0.05) is 24.3 Å². The number of benzene rings is 1. The minimum atomic E-state index is -0.281. The van der Waals surface area contributed by atoms with Gasteiger partial charge in [0.15, 0.2) is 0 Å². The fraction of sp³-hybridized carbons (Fsp3) is 0.364. The zero-order chi connectivity index (χ0) is 9.54. The third-order valence-electron chi connectivity index (χ3n) is 2.99. The monoisotopic (exact) mass is 189 g/mol. The molecule has 1 heterocycles. The zero-order valence-corrected chi connectivity index (χ0v) is 7.69. The van der Waals surface area contributed by atoms with Gasteiger partial charge in [-0.15, -0.1) is 0 Å². The van der Waals surface area contributed by atoms with Gasteiger partial charge in [-0.05, 0) is 24.0 Å². The second-order valence-corrected chi connectivity index (χ2v) is 3.80. The lowest BCUT2D eigenvalue weighted by Gasteiger charge is -2.25. The maximum absolute atomic E-state index is 11.1. The summed E-state index contributed by atoms with van der Waals surface area (Å²) in [5.74, 6) is 0. The number of nitrogens with one attached hydrogen (secondary N) is 1. The summed E-state index contributed by atoms with van der Waals surface area (Å²) < 4.78 is 5.17. The van der Waals surface area contributed by atoms with E-state index in [1.165, 1.54) is 11.1 Å². The largest absolute Gasteiger partial charge is 0.444 e. The zero-order valence-electron chi connectivity index (χ0n) is 7.69. The molecule has 1 aromatic carbocycles. The van der Waals surface area contributed by atoms with Crippen molar-refractivity contribution in [2.75, 3.05) is 0 Å². The van der Waals surface area contributed by atoms with E-state index in [0.717, 1.165) is 12.8 Å². The minimum Gasteiger partial charge on any atom is -0.444 e. The van der Waals surface area contributed by atoms with E-state index in [4.69, 9.17) is 4.74 Å². The van der Waals surface area contributed by atoms with Crippen molar-refractivity contribution < 1.29 is 9.53 Å². The van der Waals surface area contributed by atoms with Gasteiger partial charge in [0.25, 0.3) is 0 Å². The van der Waals surface area contributed by atoms with Gasteiger partial charge < -0.3 is 10.1 Å². The van der Waals surface area contributed by atoms with E-state index in [-0.39, 0.29) is 18.2 Å². The maximum Gasteiger partial charge on any atom is 0.408 e. The molecule has 0 saturated carbocycles. The quantitative estimate of drug-likeness (QED) is 0.675. The maximum atomic E-state index is 11.1. The van der Waals surface area contributed by atoms with Crippen LogP contribution < -0.4 is 5.32 Å². The van der Waals surface area contributed by atoms with Crippen molar-refractivity contribution >= 4 is 6.09 Å². The fourth-order valence-electron chi connectivity index (χ4n) is 2.33. The van der Waals surface area contributed by atoms with E-state index in [0.29, 0.717) is 0 Å². The summed E-state index contributed by atoms with van der Waals surface area (Å²) in [6.45, 7) is 0. The lowest BCUT2D eigenvalue weighted by atomic mass is 9.86. The molecule has 2 atom stereocenters. The Morgan fingerprint density at radius 1 is 1.36 bits per heavy atom. The van der Waals surface area contributed by atoms with Gasteiger partial charge >= 0.3 is 6.09 Å². The first-order valence-corrected chi connectivity index (χ1v) is 4.89. The summed E-state index contributed by atoms with van der Waals surface area (Å²) in [4.78, 5) is 11.1. The third-order valence-corrected chi connectivity index (χ3v) is 2.99. The average Bonchev–Trinajstić information content (AvgIpc) is 2.59. The molecule has 1 saturated heterocycles. The lowest BCUT2D eigenvalue weighted by Crippen LogP contribution is -2.27. The Kier molecular flexibility index (Phi) is 1.54. The summed E-state index contributed by atoms with van der Waals surface area (Å²) in [5.41, 5.74) is 2.55.